The number of nitrogens with one attached hydrogen (secondary N) is 2. The Labute approximate surface area is 103 Å². The van der Waals surface area contributed by atoms with E-state index in [2.05, 4.69) is 20.3 Å². The Hall–Kier alpha value is -2.24. The number of aromatic nitrogens is 3. The molecule has 1 atom stereocenters. The smallest absolute Gasteiger partial charge is 0.253 e. The van der Waals surface area contributed by atoms with Gasteiger partial charge in [0, 0.05) is 18.1 Å². The molecule has 0 saturated carbocycles. The van der Waals surface area contributed by atoms with Crippen LogP contribution in [0.2, 0.25) is 0 Å². The summed E-state index contributed by atoms with van der Waals surface area (Å²) in [5.41, 5.74) is 1.10. The molecule has 94 valence electrons. The summed E-state index contributed by atoms with van der Waals surface area (Å²) < 4.78 is 12.9. The highest BCUT2D eigenvalue weighted by molar-refractivity contribution is 5.94. The molecule has 0 unspecified atom stereocenters. The van der Waals surface area contributed by atoms with Crippen molar-refractivity contribution < 1.29 is 9.18 Å². The molecule has 0 saturated heterocycles. The van der Waals surface area contributed by atoms with Crippen molar-refractivity contribution in [2.24, 2.45) is 0 Å². The molecule has 0 bridgehead atoms. The maximum atomic E-state index is 12.9. The van der Waals surface area contributed by atoms with Crippen LogP contribution in [0.5, 0.6) is 0 Å². The standard InChI is InChI=1S/C12H13FN4O/c1-7-4-15-11(16-7)8(2)17-12(18)9-3-10(13)6-14-5-9/h3-6,8H,1-2H3,(H,15,16)(H,17,18)/t8-/m0/s1. The highest BCUT2D eigenvalue weighted by Crippen LogP contribution is 2.09. The fourth-order valence-electron chi connectivity index (χ4n) is 1.54. The first-order chi connectivity index (χ1) is 8.56. The van der Waals surface area contributed by atoms with Gasteiger partial charge in [-0.05, 0) is 19.9 Å². The Bertz CT molecular complexity index is 567. The molecule has 2 N–H and O–H groups in total. The number of hydrogen-bond acceptors (Lipinski definition) is 3. The highest BCUT2D eigenvalue weighted by atomic mass is 19.1. The first kappa shape index (κ1) is 12.2. The SMILES string of the molecule is Cc1cnc([C@H](C)NC(=O)c2cncc(F)c2)[nH]1. The van der Waals surface area contributed by atoms with Crippen molar-refractivity contribution in [3.05, 3.63) is 47.6 Å². The van der Waals surface area contributed by atoms with Crippen LogP contribution < -0.4 is 5.32 Å². The van der Waals surface area contributed by atoms with E-state index >= 15 is 0 Å². The maximum Gasteiger partial charge on any atom is 0.253 e. The topological polar surface area (TPSA) is 70.7 Å². The van der Waals surface area contributed by atoms with Crippen LogP contribution >= 0.6 is 0 Å². The van der Waals surface area contributed by atoms with Crippen LogP contribution in [0.1, 0.15) is 34.8 Å². The van der Waals surface area contributed by atoms with Crippen molar-refractivity contribution in [1.82, 2.24) is 20.3 Å². The molecule has 0 aliphatic rings. The van der Waals surface area contributed by atoms with Gasteiger partial charge in [-0.15, -0.1) is 0 Å². The molecule has 6 heteroatoms. The lowest BCUT2D eigenvalue weighted by Gasteiger charge is -2.11. The molecular formula is C12H13FN4O. The third-order valence-corrected chi connectivity index (χ3v) is 2.45. The van der Waals surface area contributed by atoms with Crippen LogP contribution in [-0.4, -0.2) is 20.9 Å². The predicted molar refractivity (Wildman–Crippen MR) is 63.4 cm³/mol. The van der Waals surface area contributed by atoms with Crippen LogP contribution in [0.25, 0.3) is 0 Å². The van der Waals surface area contributed by atoms with Gasteiger partial charge in [-0.1, -0.05) is 0 Å². The monoisotopic (exact) mass is 248 g/mol. The molecule has 2 aromatic heterocycles. The molecule has 5 nitrogen and oxygen atoms in total. The van der Waals surface area contributed by atoms with Gasteiger partial charge in [0.05, 0.1) is 17.8 Å². The van der Waals surface area contributed by atoms with Gasteiger partial charge in [-0.2, -0.15) is 0 Å². The minimum atomic E-state index is -0.538. The van der Waals surface area contributed by atoms with Gasteiger partial charge in [0.2, 0.25) is 0 Å². The zero-order valence-corrected chi connectivity index (χ0v) is 10.1. The van der Waals surface area contributed by atoms with Crippen LogP contribution in [0, 0.1) is 12.7 Å². The Morgan fingerprint density at radius 1 is 1.44 bits per heavy atom. The Morgan fingerprint density at radius 2 is 2.22 bits per heavy atom. The minimum absolute atomic E-state index is 0.185. The van der Waals surface area contributed by atoms with E-state index in [1.807, 2.05) is 6.92 Å². The van der Waals surface area contributed by atoms with Crippen LogP contribution in [0.4, 0.5) is 4.39 Å². The lowest BCUT2D eigenvalue weighted by Crippen LogP contribution is -2.27. The van der Waals surface area contributed by atoms with Gasteiger partial charge in [-0.3, -0.25) is 9.78 Å². The molecule has 0 fully saturated rings. The number of pyridine rings is 1. The van der Waals surface area contributed by atoms with Crippen molar-refractivity contribution in [2.45, 2.75) is 19.9 Å². The van der Waals surface area contributed by atoms with Gasteiger partial charge < -0.3 is 10.3 Å². The van der Waals surface area contributed by atoms with E-state index in [0.717, 1.165) is 18.0 Å². The second kappa shape index (κ2) is 4.95. The summed E-state index contributed by atoms with van der Waals surface area (Å²) in [6.07, 6.45) is 4.05. The van der Waals surface area contributed by atoms with Crippen molar-refractivity contribution in [1.29, 1.82) is 0 Å². The molecule has 2 heterocycles. The number of nitrogens with zero attached hydrogens (tertiary/aromatic N) is 2. The predicted octanol–water partition coefficient (Wildman–Crippen LogP) is 1.74. The Kier molecular flexibility index (Phi) is 3.36. The van der Waals surface area contributed by atoms with Crippen molar-refractivity contribution in [3.63, 3.8) is 0 Å². The fourth-order valence-corrected chi connectivity index (χ4v) is 1.54. The third kappa shape index (κ3) is 2.71. The van der Waals surface area contributed by atoms with E-state index in [1.165, 1.54) is 6.20 Å². The number of H-pyrrole nitrogens is 1. The number of halogens is 1. The molecule has 1 amide bonds. The van der Waals surface area contributed by atoms with Crippen LogP contribution in [0.15, 0.2) is 24.7 Å². The van der Waals surface area contributed by atoms with E-state index < -0.39 is 5.82 Å². The van der Waals surface area contributed by atoms with E-state index in [-0.39, 0.29) is 17.5 Å². The Balaban J connectivity index is 2.08. The van der Waals surface area contributed by atoms with Gasteiger partial charge in [-0.25, -0.2) is 9.37 Å². The number of aromatic amines is 1. The van der Waals surface area contributed by atoms with E-state index in [0.29, 0.717) is 5.82 Å². The summed E-state index contributed by atoms with van der Waals surface area (Å²) in [6.45, 7) is 3.67. The number of aryl methyl sites for hydroxylation is 1. The minimum Gasteiger partial charge on any atom is -0.344 e. The summed E-state index contributed by atoms with van der Waals surface area (Å²) in [6, 6.07) is 0.858. The number of carbonyl (C=O) groups excluding carboxylic acids is 1. The summed E-state index contributed by atoms with van der Waals surface area (Å²) in [5, 5.41) is 2.71. The largest absolute Gasteiger partial charge is 0.344 e. The normalized spacial score (nSPS) is 12.2. The molecule has 0 aliphatic carbocycles. The molecule has 18 heavy (non-hydrogen) atoms. The molecule has 2 aromatic rings. The number of amides is 1. The van der Waals surface area contributed by atoms with Crippen molar-refractivity contribution in [2.75, 3.05) is 0 Å². The molecule has 2 rings (SSSR count). The van der Waals surface area contributed by atoms with Crippen LogP contribution in [-0.2, 0) is 0 Å². The molecule has 0 aromatic carbocycles. The summed E-state index contributed by atoms with van der Waals surface area (Å²) in [7, 11) is 0. The average Bonchev–Trinajstić information content (AvgIpc) is 2.76. The zero-order valence-electron chi connectivity index (χ0n) is 10.1. The lowest BCUT2D eigenvalue weighted by molar-refractivity contribution is 0.0937. The van der Waals surface area contributed by atoms with Gasteiger partial charge in [0.15, 0.2) is 0 Å². The fraction of sp³-hybridized carbons (Fsp3) is 0.250. The van der Waals surface area contributed by atoms with Gasteiger partial charge in [0.1, 0.15) is 11.6 Å². The van der Waals surface area contributed by atoms with Gasteiger partial charge in [0.25, 0.3) is 5.91 Å². The molecule has 0 radical (unpaired) electrons. The molecular weight excluding hydrogens is 235 g/mol. The zero-order chi connectivity index (χ0) is 13.1. The maximum absolute atomic E-state index is 12.9. The lowest BCUT2D eigenvalue weighted by atomic mass is 10.2. The summed E-state index contributed by atoms with van der Waals surface area (Å²) in [5.74, 6) is -0.266. The molecule has 0 aliphatic heterocycles. The summed E-state index contributed by atoms with van der Waals surface area (Å²) in [4.78, 5) is 22.6. The quantitative estimate of drug-likeness (QED) is 0.869. The second-order valence-electron chi connectivity index (χ2n) is 4.04. The van der Waals surface area contributed by atoms with E-state index in [1.54, 1.807) is 13.1 Å². The number of carbonyl (C=O) groups is 1. The third-order valence-electron chi connectivity index (χ3n) is 2.45. The number of imidazole rings is 1. The first-order valence-electron chi connectivity index (χ1n) is 5.49. The van der Waals surface area contributed by atoms with Crippen molar-refractivity contribution >= 4 is 5.91 Å². The number of hydrogen-bond donors (Lipinski definition) is 2. The number of rotatable bonds is 3. The average molecular weight is 248 g/mol. The van der Waals surface area contributed by atoms with E-state index in [4.69, 9.17) is 0 Å². The Morgan fingerprint density at radius 3 is 2.83 bits per heavy atom. The highest BCUT2D eigenvalue weighted by Gasteiger charge is 2.14. The summed E-state index contributed by atoms with van der Waals surface area (Å²) >= 11 is 0. The first-order valence-corrected chi connectivity index (χ1v) is 5.49. The van der Waals surface area contributed by atoms with E-state index in [9.17, 15) is 9.18 Å². The van der Waals surface area contributed by atoms with Crippen molar-refractivity contribution in [3.8, 4) is 0 Å². The molecule has 0 spiro atoms. The second-order valence-corrected chi connectivity index (χ2v) is 4.04. The van der Waals surface area contributed by atoms with Crippen LogP contribution in [0.3, 0.4) is 0 Å². The van der Waals surface area contributed by atoms with Gasteiger partial charge >= 0.3 is 0 Å².